The zero-order valence-electron chi connectivity index (χ0n) is 15.5. The molecule has 0 aliphatic carbocycles. The quantitative estimate of drug-likeness (QED) is 0.826. The summed E-state index contributed by atoms with van der Waals surface area (Å²) in [5, 5.41) is 0. The van der Waals surface area contributed by atoms with E-state index in [-0.39, 0.29) is 11.7 Å². The number of carbonyl (C=O) groups is 1. The van der Waals surface area contributed by atoms with E-state index < -0.39 is 10.0 Å². The molecule has 2 aromatic rings. The van der Waals surface area contributed by atoms with Crippen molar-refractivity contribution in [3.8, 4) is 0 Å². The summed E-state index contributed by atoms with van der Waals surface area (Å²) in [5.74, 6) is -0.0685. The van der Waals surface area contributed by atoms with Gasteiger partial charge in [-0.3, -0.25) is 14.4 Å². The largest absolute Gasteiger partial charge is 0.336 e. The molecule has 6 nitrogen and oxygen atoms in total. The van der Waals surface area contributed by atoms with Crippen molar-refractivity contribution in [3.05, 3.63) is 65.7 Å². The Morgan fingerprint density at radius 3 is 2.37 bits per heavy atom. The molecule has 1 N–H and O–H groups in total. The molecular formula is C20H25N3O3S. The molecule has 0 bridgehead atoms. The third-order valence-electron chi connectivity index (χ3n) is 4.67. The summed E-state index contributed by atoms with van der Waals surface area (Å²) >= 11 is 0. The van der Waals surface area contributed by atoms with Crippen LogP contribution in [-0.2, 0) is 16.6 Å². The van der Waals surface area contributed by atoms with Gasteiger partial charge in [0.25, 0.3) is 5.91 Å². The highest BCUT2D eigenvalue weighted by Crippen LogP contribution is 2.16. The first-order chi connectivity index (χ1) is 13.0. The Balaban J connectivity index is 1.59. The van der Waals surface area contributed by atoms with Crippen molar-refractivity contribution in [3.63, 3.8) is 0 Å². The van der Waals surface area contributed by atoms with E-state index in [4.69, 9.17) is 0 Å². The van der Waals surface area contributed by atoms with E-state index in [2.05, 4.69) is 21.8 Å². The summed E-state index contributed by atoms with van der Waals surface area (Å²) in [5.41, 5.74) is 2.20. The Kier molecular flexibility index (Phi) is 6.13. The van der Waals surface area contributed by atoms with Crippen LogP contribution in [0.1, 0.15) is 22.8 Å². The van der Waals surface area contributed by atoms with E-state index in [9.17, 15) is 13.2 Å². The molecule has 1 amide bonds. The molecule has 7 heteroatoms. The van der Waals surface area contributed by atoms with Gasteiger partial charge in [-0.2, -0.15) is 0 Å². The number of anilines is 1. The molecule has 1 aliphatic rings. The SMILES string of the molecule is CCS(=O)(=O)Nc1cccc(C(=O)N2CCN(Cc3ccccc3)CC2)c1. The molecule has 0 radical (unpaired) electrons. The first-order valence-corrected chi connectivity index (χ1v) is 10.8. The van der Waals surface area contributed by atoms with E-state index in [1.165, 1.54) is 5.56 Å². The normalized spacial score (nSPS) is 15.5. The van der Waals surface area contributed by atoms with Crippen LogP contribution >= 0.6 is 0 Å². The molecule has 0 atom stereocenters. The first-order valence-electron chi connectivity index (χ1n) is 9.13. The number of sulfonamides is 1. The van der Waals surface area contributed by atoms with E-state index in [1.54, 1.807) is 31.2 Å². The van der Waals surface area contributed by atoms with Gasteiger partial charge in [-0.05, 0) is 30.7 Å². The summed E-state index contributed by atoms with van der Waals surface area (Å²) in [6, 6.07) is 17.0. The monoisotopic (exact) mass is 387 g/mol. The Morgan fingerprint density at radius 2 is 1.70 bits per heavy atom. The van der Waals surface area contributed by atoms with Gasteiger partial charge in [-0.1, -0.05) is 36.4 Å². The van der Waals surface area contributed by atoms with E-state index >= 15 is 0 Å². The van der Waals surface area contributed by atoms with Crippen molar-refractivity contribution in [2.24, 2.45) is 0 Å². The molecule has 0 spiro atoms. The summed E-state index contributed by atoms with van der Waals surface area (Å²) in [6.45, 7) is 5.43. The van der Waals surface area contributed by atoms with Crippen molar-refractivity contribution in [2.45, 2.75) is 13.5 Å². The molecule has 1 aliphatic heterocycles. The predicted octanol–water partition coefficient (Wildman–Crippen LogP) is 2.41. The lowest BCUT2D eigenvalue weighted by Gasteiger charge is -2.34. The van der Waals surface area contributed by atoms with Crippen molar-refractivity contribution in [1.82, 2.24) is 9.80 Å². The van der Waals surface area contributed by atoms with Gasteiger partial charge in [-0.25, -0.2) is 8.42 Å². The van der Waals surface area contributed by atoms with Gasteiger partial charge in [0.1, 0.15) is 0 Å². The van der Waals surface area contributed by atoms with Crippen LogP contribution < -0.4 is 4.72 Å². The molecule has 27 heavy (non-hydrogen) atoms. The number of rotatable bonds is 6. The van der Waals surface area contributed by atoms with Gasteiger partial charge in [-0.15, -0.1) is 0 Å². The second kappa shape index (κ2) is 8.54. The minimum atomic E-state index is -3.36. The van der Waals surface area contributed by atoms with Crippen molar-refractivity contribution >= 4 is 21.6 Å². The molecule has 0 saturated carbocycles. The van der Waals surface area contributed by atoms with Crippen LogP contribution in [0.15, 0.2) is 54.6 Å². The van der Waals surface area contributed by atoms with Gasteiger partial charge in [0, 0.05) is 44.0 Å². The second-order valence-corrected chi connectivity index (χ2v) is 8.65. The van der Waals surface area contributed by atoms with Crippen LogP contribution in [-0.4, -0.2) is 56.1 Å². The molecule has 2 aromatic carbocycles. The van der Waals surface area contributed by atoms with Crippen molar-refractivity contribution in [1.29, 1.82) is 0 Å². The zero-order chi connectivity index (χ0) is 19.3. The molecular weight excluding hydrogens is 362 g/mol. The highest BCUT2D eigenvalue weighted by atomic mass is 32.2. The summed E-state index contributed by atoms with van der Waals surface area (Å²) in [6.07, 6.45) is 0. The van der Waals surface area contributed by atoms with Crippen molar-refractivity contribution in [2.75, 3.05) is 36.7 Å². The highest BCUT2D eigenvalue weighted by molar-refractivity contribution is 7.92. The number of piperazine rings is 1. The third kappa shape index (κ3) is 5.30. The van der Waals surface area contributed by atoms with Gasteiger partial charge in [0.2, 0.25) is 10.0 Å². The first kappa shape index (κ1) is 19.4. The standard InChI is InChI=1S/C20H25N3O3S/c1-2-27(25,26)21-19-10-6-9-18(15-19)20(24)23-13-11-22(12-14-23)16-17-7-4-3-5-8-17/h3-10,15,21H,2,11-14,16H2,1H3. The Hall–Kier alpha value is -2.38. The van der Waals surface area contributed by atoms with Crippen molar-refractivity contribution < 1.29 is 13.2 Å². The van der Waals surface area contributed by atoms with Gasteiger partial charge < -0.3 is 4.90 Å². The minimum Gasteiger partial charge on any atom is -0.336 e. The Labute approximate surface area is 160 Å². The Morgan fingerprint density at radius 1 is 1.00 bits per heavy atom. The van der Waals surface area contributed by atoms with Crippen LogP contribution in [0.25, 0.3) is 0 Å². The molecule has 1 fully saturated rings. The predicted molar refractivity (Wildman–Crippen MR) is 107 cm³/mol. The number of hydrogen-bond acceptors (Lipinski definition) is 4. The van der Waals surface area contributed by atoms with Crippen LogP contribution in [0.3, 0.4) is 0 Å². The topological polar surface area (TPSA) is 69.7 Å². The number of nitrogens with one attached hydrogen (secondary N) is 1. The lowest BCUT2D eigenvalue weighted by Crippen LogP contribution is -2.48. The van der Waals surface area contributed by atoms with E-state index in [0.717, 1.165) is 19.6 Å². The van der Waals surface area contributed by atoms with Gasteiger partial charge in [0.15, 0.2) is 0 Å². The summed E-state index contributed by atoms with van der Waals surface area (Å²) in [4.78, 5) is 16.9. The fraction of sp³-hybridized carbons (Fsp3) is 0.350. The molecule has 0 aromatic heterocycles. The number of amides is 1. The maximum absolute atomic E-state index is 12.8. The summed E-state index contributed by atoms with van der Waals surface area (Å²) in [7, 11) is -3.36. The van der Waals surface area contributed by atoms with Crippen LogP contribution in [0.2, 0.25) is 0 Å². The fourth-order valence-corrected chi connectivity index (χ4v) is 3.73. The fourth-order valence-electron chi connectivity index (χ4n) is 3.10. The molecule has 144 valence electrons. The number of hydrogen-bond donors (Lipinski definition) is 1. The smallest absolute Gasteiger partial charge is 0.254 e. The lowest BCUT2D eigenvalue weighted by molar-refractivity contribution is 0.0628. The lowest BCUT2D eigenvalue weighted by atomic mass is 10.1. The Bertz CT molecular complexity index is 876. The molecule has 0 unspecified atom stereocenters. The summed E-state index contributed by atoms with van der Waals surface area (Å²) < 4.78 is 25.9. The van der Waals surface area contributed by atoms with Gasteiger partial charge >= 0.3 is 0 Å². The second-order valence-electron chi connectivity index (χ2n) is 6.64. The number of benzene rings is 2. The van der Waals surface area contributed by atoms with E-state index in [0.29, 0.717) is 24.3 Å². The average molecular weight is 388 g/mol. The maximum atomic E-state index is 12.8. The number of carbonyl (C=O) groups excluding carboxylic acids is 1. The molecule has 1 heterocycles. The third-order valence-corrected chi connectivity index (χ3v) is 5.98. The average Bonchev–Trinajstić information content (AvgIpc) is 2.69. The van der Waals surface area contributed by atoms with Crippen LogP contribution in [0.5, 0.6) is 0 Å². The molecule has 1 saturated heterocycles. The number of nitrogens with zero attached hydrogens (tertiary/aromatic N) is 2. The molecule has 3 rings (SSSR count). The zero-order valence-corrected chi connectivity index (χ0v) is 16.3. The van der Waals surface area contributed by atoms with Crippen LogP contribution in [0, 0.1) is 0 Å². The minimum absolute atomic E-state index is 0.00541. The highest BCUT2D eigenvalue weighted by Gasteiger charge is 2.22. The van der Waals surface area contributed by atoms with Crippen LogP contribution in [0.4, 0.5) is 5.69 Å². The van der Waals surface area contributed by atoms with E-state index in [1.807, 2.05) is 23.1 Å². The maximum Gasteiger partial charge on any atom is 0.254 e. The van der Waals surface area contributed by atoms with Gasteiger partial charge in [0.05, 0.1) is 5.75 Å².